The highest BCUT2D eigenvalue weighted by Crippen LogP contribution is 1.77. The van der Waals surface area contributed by atoms with Crippen molar-refractivity contribution in [2.75, 3.05) is 33.5 Å². The van der Waals surface area contributed by atoms with Crippen molar-refractivity contribution in [3.8, 4) is 0 Å². The van der Waals surface area contributed by atoms with Crippen LogP contribution in [0.4, 0.5) is 4.79 Å². The standard InChI is InChI=1S/C6H14N2O4/c1-10-4-5-11-6(9)8-2-3-12-7/h2-5,7H2,1H3,(H,8,9). The predicted molar refractivity (Wildman–Crippen MR) is 41.4 cm³/mol. The number of hydrogen-bond donors (Lipinski definition) is 2. The molecule has 0 bridgehead atoms. The Balaban J connectivity index is 3.10. The Kier molecular flexibility index (Phi) is 7.66. The van der Waals surface area contributed by atoms with Crippen molar-refractivity contribution < 1.29 is 19.1 Å². The Bertz CT molecular complexity index is 108. The topological polar surface area (TPSA) is 82.8 Å². The second kappa shape index (κ2) is 8.25. The van der Waals surface area contributed by atoms with Crippen LogP contribution in [-0.2, 0) is 14.3 Å². The summed E-state index contributed by atoms with van der Waals surface area (Å²) in [5, 5.41) is 2.42. The first-order valence-corrected chi connectivity index (χ1v) is 3.52. The molecule has 0 radical (unpaired) electrons. The van der Waals surface area contributed by atoms with E-state index in [2.05, 4.69) is 19.6 Å². The first-order chi connectivity index (χ1) is 5.81. The van der Waals surface area contributed by atoms with Crippen LogP contribution in [0.5, 0.6) is 0 Å². The highest BCUT2D eigenvalue weighted by atomic mass is 16.6. The zero-order chi connectivity index (χ0) is 9.23. The van der Waals surface area contributed by atoms with Crippen molar-refractivity contribution in [3.05, 3.63) is 0 Å². The van der Waals surface area contributed by atoms with E-state index in [1.54, 1.807) is 0 Å². The molecule has 0 saturated heterocycles. The van der Waals surface area contributed by atoms with Gasteiger partial charge in [-0.1, -0.05) is 0 Å². The molecule has 0 fully saturated rings. The molecule has 6 heteroatoms. The quantitative estimate of drug-likeness (QED) is 0.413. The Morgan fingerprint density at radius 2 is 2.17 bits per heavy atom. The van der Waals surface area contributed by atoms with Crippen LogP contribution < -0.4 is 11.2 Å². The highest BCUT2D eigenvalue weighted by molar-refractivity contribution is 5.66. The van der Waals surface area contributed by atoms with E-state index in [-0.39, 0.29) is 13.2 Å². The third kappa shape index (κ3) is 7.26. The largest absolute Gasteiger partial charge is 0.447 e. The number of carbonyl (C=O) groups excluding carboxylic acids is 1. The number of nitrogens with two attached hydrogens (primary N) is 1. The molecule has 1 amide bonds. The fraction of sp³-hybridized carbons (Fsp3) is 0.833. The molecule has 12 heavy (non-hydrogen) atoms. The van der Waals surface area contributed by atoms with Gasteiger partial charge in [-0.3, -0.25) is 0 Å². The second-order valence-electron chi connectivity index (χ2n) is 1.93. The van der Waals surface area contributed by atoms with Gasteiger partial charge in [0, 0.05) is 13.7 Å². The summed E-state index contributed by atoms with van der Waals surface area (Å²) in [4.78, 5) is 14.9. The molecule has 3 N–H and O–H groups in total. The maximum atomic E-state index is 10.7. The van der Waals surface area contributed by atoms with Gasteiger partial charge in [0.05, 0.1) is 13.2 Å². The van der Waals surface area contributed by atoms with E-state index in [1.807, 2.05) is 0 Å². The minimum absolute atomic E-state index is 0.242. The Morgan fingerprint density at radius 1 is 1.42 bits per heavy atom. The summed E-state index contributed by atoms with van der Waals surface area (Å²) in [6.45, 7) is 1.23. The van der Waals surface area contributed by atoms with Gasteiger partial charge in [0.15, 0.2) is 0 Å². The van der Waals surface area contributed by atoms with Crippen LogP contribution in [0, 0.1) is 0 Å². The fourth-order valence-corrected chi connectivity index (χ4v) is 0.481. The van der Waals surface area contributed by atoms with Crippen LogP contribution >= 0.6 is 0 Å². The normalized spacial score (nSPS) is 9.50. The fourth-order valence-electron chi connectivity index (χ4n) is 0.481. The number of ether oxygens (including phenoxy) is 2. The van der Waals surface area contributed by atoms with E-state index in [4.69, 9.17) is 5.90 Å². The lowest BCUT2D eigenvalue weighted by atomic mass is 10.7. The van der Waals surface area contributed by atoms with Gasteiger partial charge >= 0.3 is 6.09 Å². The van der Waals surface area contributed by atoms with Crippen molar-refractivity contribution in [3.63, 3.8) is 0 Å². The van der Waals surface area contributed by atoms with Crippen molar-refractivity contribution in [1.29, 1.82) is 0 Å². The maximum absolute atomic E-state index is 10.7. The molecule has 72 valence electrons. The van der Waals surface area contributed by atoms with Gasteiger partial charge in [-0.2, -0.15) is 0 Å². The van der Waals surface area contributed by atoms with E-state index in [9.17, 15) is 4.79 Å². The van der Waals surface area contributed by atoms with Gasteiger partial charge in [0.1, 0.15) is 6.61 Å². The van der Waals surface area contributed by atoms with E-state index < -0.39 is 6.09 Å². The highest BCUT2D eigenvalue weighted by Gasteiger charge is 1.98. The molecule has 0 rings (SSSR count). The zero-order valence-corrected chi connectivity index (χ0v) is 7.04. The molecular formula is C6H14N2O4. The van der Waals surface area contributed by atoms with Crippen LogP contribution in [0.3, 0.4) is 0 Å². The van der Waals surface area contributed by atoms with Gasteiger partial charge in [-0.15, -0.1) is 0 Å². The number of alkyl carbamates (subject to hydrolysis) is 1. The van der Waals surface area contributed by atoms with Gasteiger partial charge in [-0.25, -0.2) is 10.7 Å². The smallest absolute Gasteiger partial charge is 0.407 e. The zero-order valence-electron chi connectivity index (χ0n) is 7.04. The van der Waals surface area contributed by atoms with E-state index in [0.717, 1.165) is 0 Å². The van der Waals surface area contributed by atoms with E-state index in [1.165, 1.54) is 7.11 Å². The van der Waals surface area contributed by atoms with Crippen LogP contribution in [0.2, 0.25) is 0 Å². The monoisotopic (exact) mass is 178 g/mol. The third-order valence-electron chi connectivity index (χ3n) is 1.01. The van der Waals surface area contributed by atoms with Crippen LogP contribution in [0.1, 0.15) is 0 Å². The Morgan fingerprint density at radius 3 is 2.75 bits per heavy atom. The van der Waals surface area contributed by atoms with Gasteiger partial charge in [0.25, 0.3) is 0 Å². The molecule has 0 aromatic rings. The van der Waals surface area contributed by atoms with Crippen LogP contribution in [-0.4, -0.2) is 39.6 Å². The first kappa shape index (κ1) is 11.2. The molecule has 0 saturated carbocycles. The lowest BCUT2D eigenvalue weighted by Gasteiger charge is -2.04. The number of carbonyl (C=O) groups is 1. The summed E-state index contributed by atoms with van der Waals surface area (Å²) in [6, 6.07) is 0. The Labute approximate surface area is 70.9 Å². The number of nitrogens with one attached hydrogen (secondary N) is 1. The summed E-state index contributed by atoms with van der Waals surface area (Å²) >= 11 is 0. The second-order valence-corrected chi connectivity index (χ2v) is 1.93. The molecule has 0 atom stereocenters. The molecule has 0 unspecified atom stereocenters. The molecule has 0 aliphatic heterocycles. The first-order valence-electron chi connectivity index (χ1n) is 3.52. The molecular weight excluding hydrogens is 164 g/mol. The van der Waals surface area contributed by atoms with Gasteiger partial charge in [0.2, 0.25) is 0 Å². The maximum Gasteiger partial charge on any atom is 0.407 e. The Hall–Kier alpha value is -0.850. The number of amides is 1. The minimum Gasteiger partial charge on any atom is -0.447 e. The van der Waals surface area contributed by atoms with Gasteiger partial charge in [-0.05, 0) is 0 Å². The molecule has 0 spiro atoms. The molecule has 0 aliphatic rings. The van der Waals surface area contributed by atoms with E-state index in [0.29, 0.717) is 13.2 Å². The minimum atomic E-state index is -0.496. The SMILES string of the molecule is COCCOC(=O)NCCON. The van der Waals surface area contributed by atoms with Crippen molar-refractivity contribution >= 4 is 6.09 Å². The van der Waals surface area contributed by atoms with Crippen molar-refractivity contribution in [2.45, 2.75) is 0 Å². The van der Waals surface area contributed by atoms with Crippen molar-refractivity contribution in [2.24, 2.45) is 5.90 Å². The number of hydrogen-bond acceptors (Lipinski definition) is 5. The van der Waals surface area contributed by atoms with Crippen LogP contribution in [0.15, 0.2) is 0 Å². The third-order valence-corrected chi connectivity index (χ3v) is 1.01. The molecule has 0 aromatic carbocycles. The summed E-state index contributed by atoms with van der Waals surface area (Å²) in [7, 11) is 1.53. The van der Waals surface area contributed by atoms with Crippen molar-refractivity contribution in [1.82, 2.24) is 5.32 Å². The summed E-state index contributed by atoms with van der Waals surface area (Å²) < 4.78 is 9.33. The predicted octanol–water partition coefficient (Wildman–Crippen LogP) is -0.751. The van der Waals surface area contributed by atoms with Crippen LogP contribution in [0.25, 0.3) is 0 Å². The summed E-state index contributed by atoms with van der Waals surface area (Å²) in [5.41, 5.74) is 0. The molecule has 0 aliphatic carbocycles. The van der Waals surface area contributed by atoms with E-state index >= 15 is 0 Å². The molecule has 0 heterocycles. The average molecular weight is 178 g/mol. The summed E-state index contributed by atoms with van der Waals surface area (Å²) in [5.74, 6) is 4.72. The molecule has 6 nitrogen and oxygen atoms in total. The van der Waals surface area contributed by atoms with Gasteiger partial charge < -0.3 is 19.6 Å². The average Bonchev–Trinajstić information content (AvgIpc) is 2.06. The lowest BCUT2D eigenvalue weighted by molar-refractivity contribution is 0.0936. The number of rotatable bonds is 6. The summed E-state index contributed by atoms with van der Waals surface area (Å²) in [6.07, 6.45) is -0.496. The molecule has 0 aromatic heterocycles. The lowest BCUT2D eigenvalue weighted by Crippen LogP contribution is -2.29. The number of methoxy groups -OCH3 is 1.